The van der Waals surface area contributed by atoms with Crippen molar-refractivity contribution in [1.82, 2.24) is 19.5 Å². The van der Waals surface area contributed by atoms with Gasteiger partial charge in [-0.15, -0.1) is 0 Å². The lowest BCUT2D eigenvalue weighted by molar-refractivity contribution is 0.0722. The minimum absolute atomic E-state index is 0.0340. The van der Waals surface area contributed by atoms with Crippen molar-refractivity contribution in [2.45, 2.75) is 46.2 Å². The number of aryl methyl sites for hydroxylation is 2. The highest BCUT2D eigenvalue weighted by Gasteiger charge is 2.34. The molecule has 4 rings (SSSR count). The molecule has 140 valence electrons. The molecule has 6 nitrogen and oxygen atoms in total. The first-order chi connectivity index (χ1) is 13.1. The second-order valence-electron chi connectivity index (χ2n) is 7.04. The van der Waals surface area contributed by atoms with Gasteiger partial charge in [0.1, 0.15) is 11.4 Å². The zero-order chi connectivity index (χ0) is 19.0. The van der Waals surface area contributed by atoms with Crippen LogP contribution in [0, 0.1) is 13.8 Å². The van der Waals surface area contributed by atoms with E-state index in [-0.39, 0.29) is 11.9 Å². The van der Waals surface area contributed by atoms with Gasteiger partial charge in [-0.1, -0.05) is 18.2 Å². The maximum absolute atomic E-state index is 13.3. The molecule has 27 heavy (non-hydrogen) atoms. The minimum Gasteiger partial charge on any atom is -0.494 e. The molecular weight excluding hydrogens is 340 g/mol. The van der Waals surface area contributed by atoms with Crippen molar-refractivity contribution in [2.24, 2.45) is 0 Å². The van der Waals surface area contributed by atoms with Crippen LogP contribution in [0.2, 0.25) is 0 Å². The molecule has 0 bridgehead atoms. The maximum Gasteiger partial charge on any atom is 0.273 e. The summed E-state index contributed by atoms with van der Waals surface area (Å²) in [5.41, 5.74) is 4.00. The van der Waals surface area contributed by atoms with Crippen molar-refractivity contribution in [3.05, 3.63) is 59.0 Å². The molecule has 1 aromatic carbocycles. The Morgan fingerprint density at radius 1 is 1.26 bits per heavy atom. The molecule has 3 aromatic rings. The molecule has 0 atom stereocenters. The zero-order valence-electron chi connectivity index (χ0n) is 16.0. The summed E-state index contributed by atoms with van der Waals surface area (Å²) in [7, 11) is 0. The van der Waals surface area contributed by atoms with Crippen LogP contribution in [-0.2, 0) is 6.54 Å². The van der Waals surface area contributed by atoms with Crippen molar-refractivity contribution in [1.29, 1.82) is 0 Å². The van der Waals surface area contributed by atoms with Crippen molar-refractivity contribution in [2.75, 3.05) is 6.61 Å². The number of ether oxygens (including phenoxy) is 1. The number of para-hydroxylation sites is 1. The van der Waals surface area contributed by atoms with Gasteiger partial charge >= 0.3 is 0 Å². The molecule has 2 aromatic heterocycles. The number of carbonyl (C=O) groups excluding carboxylic acids is 1. The first-order valence-corrected chi connectivity index (χ1v) is 9.42. The van der Waals surface area contributed by atoms with Crippen LogP contribution in [0.1, 0.15) is 47.2 Å². The fourth-order valence-corrected chi connectivity index (χ4v) is 3.36. The van der Waals surface area contributed by atoms with Crippen molar-refractivity contribution in [3.8, 4) is 5.75 Å². The lowest BCUT2D eigenvalue weighted by Gasteiger charge is -2.23. The predicted molar refractivity (Wildman–Crippen MR) is 103 cm³/mol. The molecule has 0 aliphatic heterocycles. The summed E-state index contributed by atoms with van der Waals surface area (Å²) in [4.78, 5) is 19.8. The average Bonchev–Trinajstić information content (AvgIpc) is 3.41. The van der Waals surface area contributed by atoms with Crippen LogP contribution in [0.15, 0.2) is 36.4 Å². The van der Waals surface area contributed by atoms with E-state index in [2.05, 4.69) is 10.1 Å². The Kier molecular flexibility index (Phi) is 4.56. The highest BCUT2D eigenvalue weighted by molar-refractivity contribution is 5.93. The van der Waals surface area contributed by atoms with Crippen LogP contribution in [0.5, 0.6) is 5.75 Å². The molecule has 1 amide bonds. The number of rotatable bonds is 6. The van der Waals surface area contributed by atoms with Gasteiger partial charge in [0.25, 0.3) is 5.91 Å². The molecule has 1 fully saturated rings. The Morgan fingerprint density at radius 2 is 2.04 bits per heavy atom. The summed E-state index contributed by atoms with van der Waals surface area (Å²) >= 11 is 0. The SMILES string of the molecule is CCOc1ccccc1CN(C(=O)c1cc(C)n2nc(C)cc2n1)C1CC1. The Morgan fingerprint density at radius 3 is 2.78 bits per heavy atom. The van der Waals surface area contributed by atoms with Crippen molar-refractivity contribution in [3.63, 3.8) is 0 Å². The fraction of sp³-hybridized carbons (Fsp3) is 0.381. The van der Waals surface area contributed by atoms with Gasteiger partial charge in [-0.2, -0.15) is 5.10 Å². The second kappa shape index (κ2) is 7.02. The van der Waals surface area contributed by atoms with E-state index in [0.717, 1.165) is 35.5 Å². The topological polar surface area (TPSA) is 59.7 Å². The molecule has 1 aliphatic carbocycles. The predicted octanol–water partition coefficient (Wildman–Crippen LogP) is 3.55. The summed E-state index contributed by atoms with van der Waals surface area (Å²) in [6.45, 7) is 6.98. The minimum atomic E-state index is -0.0340. The van der Waals surface area contributed by atoms with E-state index in [1.165, 1.54) is 0 Å². The second-order valence-corrected chi connectivity index (χ2v) is 7.04. The molecular formula is C21H24N4O2. The summed E-state index contributed by atoms with van der Waals surface area (Å²) in [5.74, 6) is 0.803. The van der Waals surface area contributed by atoms with Crippen LogP contribution >= 0.6 is 0 Å². The first-order valence-electron chi connectivity index (χ1n) is 9.42. The number of aromatic nitrogens is 3. The summed E-state index contributed by atoms with van der Waals surface area (Å²) in [5, 5.41) is 4.42. The molecule has 1 aliphatic rings. The summed E-state index contributed by atoms with van der Waals surface area (Å²) < 4.78 is 7.51. The van der Waals surface area contributed by atoms with E-state index >= 15 is 0 Å². The third-order valence-electron chi connectivity index (χ3n) is 4.81. The molecule has 0 unspecified atom stereocenters. The molecule has 1 saturated carbocycles. The van der Waals surface area contributed by atoms with Gasteiger partial charge in [-0.25, -0.2) is 9.50 Å². The third kappa shape index (κ3) is 3.52. The van der Waals surface area contributed by atoms with E-state index in [4.69, 9.17) is 4.74 Å². The van der Waals surface area contributed by atoms with E-state index in [9.17, 15) is 4.79 Å². The van der Waals surface area contributed by atoms with E-state index in [0.29, 0.717) is 24.5 Å². The maximum atomic E-state index is 13.3. The highest BCUT2D eigenvalue weighted by atomic mass is 16.5. The average molecular weight is 364 g/mol. The Balaban J connectivity index is 1.66. The fourth-order valence-electron chi connectivity index (χ4n) is 3.36. The van der Waals surface area contributed by atoms with Gasteiger partial charge in [0.05, 0.1) is 12.3 Å². The lowest BCUT2D eigenvalue weighted by atomic mass is 10.1. The van der Waals surface area contributed by atoms with E-state index in [1.54, 1.807) is 4.52 Å². The standard InChI is InChI=1S/C21H24N4O2/c1-4-27-19-8-6-5-7-16(19)13-24(17-9-10-17)21(26)18-12-15(3)25-20(22-18)11-14(2)23-25/h5-8,11-12,17H,4,9-10,13H2,1-3H3. The number of hydrogen-bond acceptors (Lipinski definition) is 4. The van der Waals surface area contributed by atoms with Gasteiger partial charge < -0.3 is 9.64 Å². The van der Waals surface area contributed by atoms with Crippen molar-refractivity contribution < 1.29 is 9.53 Å². The lowest BCUT2D eigenvalue weighted by Crippen LogP contribution is -2.33. The zero-order valence-corrected chi connectivity index (χ0v) is 16.0. The molecule has 0 N–H and O–H groups in total. The Labute approximate surface area is 158 Å². The molecule has 2 heterocycles. The van der Waals surface area contributed by atoms with Crippen LogP contribution in [0.25, 0.3) is 5.65 Å². The number of fused-ring (bicyclic) bond motifs is 1. The van der Waals surface area contributed by atoms with Crippen LogP contribution in [0.4, 0.5) is 0 Å². The summed E-state index contributed by atoms with van der Waals surface area (Å²) in [6, 6.07) is 11.9. The van der Waals surface area contributed by atoms with Gasteiger partial charge in [-0.3, -0.25) is 4.79 Å². The quantitative estimate of drug-likeness (QED) is 0.671. The Hall–Kier alpha value is -2.89. The largest absolute Gasteiger partial charge is 0.494 e. The number of nitrogens with zero attached hydrogens (tertiary/aromatic N) is 4. The number of carbonyl (C=O) groups is 1. The monoisotopic (exact) mass is 364 g/mol. The number of benzene rings is 1. The van der Waals surface area contributed by atoms with Gasteiger partial charge in [0, 0.05) is 29.9 Å². The van der Waals surface area contributed by atoms with E-state index in [1.807, 2.05) is 62.1 Å². The highest BCUT2D eigenvalue weighted by Crippen LogP contribution is 2.31. The van der Waals surface area contributed by atoms with Crippen molar-refractivity contribution >= 4 is 11.6 Å². The molecule has 6 heteroatoms. The first kappa shape index (κ1) is 17.5. The van der Waals surface area contributed by atoms with Crippen LogP contribution in [-0.4, -0.2) is 38.1 Å². The Bertz CT molecular complexity index is 991. The molecule has 0 radical (unpaired) electrons. The summed E-state index contributed by atoms with van der Waals surface area (Å²) in [6.07, 6.45) is 2.07. The molecule has 0 spiro atoms. The van der Waals surface area contributed by atoms with Crippen LogP contribution in [0.3, 0.4) is 0 Å². The number of amides is 1. The molecule has 0 saturated heterocycles. The van der Waals surface area contributed by atoms with Gasteiger partial charge in [-0.05, 0) is 45.7 Å². The smallest absolute Gasteiger partial charge is 0.273 e. The number of hydrogen-bond donors (Lipinski definition) is 0. The van der Waals surface area contributed by atoms with E-state index < -0.39 is 0 Å². The third-order valence-corrected chi connectivity index (χ3v) is 4.81. The normalized spacial score (nSPS) is 13.7. The van der Waals surface area contributed by atoms with Gasteiger partial charge in [0.2, 0.25) is 0 Å². The van der Waals surface area contributed by atoms with Crippen LogP contribution < -0.4 is 4.74 Å². The van der Waals surface area contributed by atoms with Gasteiger partial charge in [0.15, 0.2) is 5.65 Å².